The van der Waals surface area contributed by atoms with E-state index in [1.165, 1.54) is 11.1 Å². The van der Waals surface area contributed by atoms with Crippen LogP contribution in [0.4, 0.5) is 10.5 Å². The molecule has 2 amide bonds. The van der Waals surface area contributed by atoms with E-state index in [2.05, 4.69) is 64.5 Å². The molecule has 3 N–H and O–H groups in total. The minimum absolute atomic E-state index is 0.101. The number of nitrogens with one attached hydrogen (secondary N) is 3. The quantitative estimate of drug-likeness (QED) is 0.624. The molecule has 1 aliphatic rings. The number of rotatable bonds is 5. The van der Waals surface area contributed by atoms with Gasteiger partial charge in [-0.15, -0.1) is 0 Å². The van der Waals surface area contributed by atoms with Crippen molar-refractivity contribution in [2.75, 3.05) is 11.9 Å². The van der Waals surface area contributed by atoms with E-state index in [0.717, 1.165) is 18.7 Å². The van der Waals surface area contributed by atoms with Crippen LogP contribution in [0, 0.1) is 0 Å². The van der Waals surface area contributed by atoms with Gasteiger partial charge in [0.25, 0.3) is 0 Å². The second-order valence-electron chi connectivity index (χ2n) is 7.21. The fraction of sp³-hybridized carbons (Fsp3) is 0.208. The van der Waals surface area contributed by atoms with Gasteiger partial charge in [-0.1, -0.05) is 78.9 Å². The van der Waals surface area contributed by atoms with Crippen molar-refractivity contribution in [1.29, 1.82) is 0 Å². The van der Waals surface area contributed by atoms with Gasteiger partial charge >= 0.3 is 6.03 Å². The summed E-state index contributed by atoms with van der Waals surface area (Å²) in [4.78, 5) is 12.3. The summed E-state index contributed by atoms with van der Waals surface area (Å²) in [5.74, 6) is 0.256. The van der Waals surface area contributed by atoms with Crippen LogP contribution in [0.5, 0.6) is 0 Å². The highest BCUT2D eigenvalue weighted by Crippen LogP contribution is 2.32. The molecule has 4 rings (SSSR count). The normalized spacial score (nSPS) is 18.8. The van der Waals surface area contributed by atoms with Gasteiger partial charge in [-0.25, -0.2) is 4.79 Å². The van der Waals surface area contributed by atoms with Crippen molar-refractivity contribution in [2.24, 2.45) is 0 Å². The molecule has 4 nitrogen and oxygen atoms in total. The van der Waals surface area contributed by atoms with Crippen LogP contribution >= 0.6 is 0 Å². The summed E-state index contributed by atoms with van der Waals surface area (Å²) in [6.45, 7) is 0.767. The summed E-state index contributed by atoms with van der Waals surface area (Å²) in [6, 6.07) is 30.9. The van der Waals surface area contributed by atoms with Crippen LogP contribution in [0.1, 0.15) is 23.5 Å². The molecule has 0 aromatic heterocycles. The molecule has 1 aliphatic heterocycles. The Kier molecular flexibility index (Phi) is 5.69. The molecule has 3 aromatic rings. The maximum atomic E-state index is 12.3. The molecule has 0 radical (unpaired) electrons. The van der Waals surface area contributed by atoms with Gasteiger partial charge in [-0.2, -0.15) is 0 Å². The monoisotopic (exact) mass is 371 g/mol. The topological polar surface area (TPSA) is 53.2 Å². The second kappa shape index (κ2) is 8.72. The van der Waals surface area contributed by atoms with Gasteiger partial charge < -0.3 is 16.0 Å². The predicted octanol–water partition coefficient (Wildman–Crippen LogP) is 4.37. The van der Waals surface area contributed by atoms with Gasteiger partial charge in [-0.05, 0) is 29.7 Å². The van der Waals surface area contributed by atoms with E-state index in [4.69, 9.17) is 0 Å². The molecule has 2 atom stereocenters. The lowest BCUT2D eigenvalue weighted by Gasteiger charge is -2.25. The first-order valence-electron chi connectivity index (χ1n) is 9.75. The Morgan fingerprint density at radius 2 is 1.36 bits per heavy atom. The minimum Gasteiger partial charge on any atom is -0.334 e. The molecule has 0 saturated carbocycles. The number of para-hydroxylation sites is 1. The van der Waals surface area contributed by atoms with Crippen LogP contribution in [0.3, 0.4) is 0 Å². The standard InChI is InChI=1S/C24H25N3O/c28-24(26-20-14-8-3-9-15-20)27-21-16-22(25-17-21)23(18-10-4-1-5-11-18)19-12-6-2-7-13-19/h1-15,21-23,25H,16-17H2,(H2,26,27,28)/t21-,22-/m1/s1. The Balaban J connectivity index is 1.44. The number of hydrogen-bond acceptors (Lipinski definition) is 2. The summed E-state index contributed by atoms with van der Waals surface area (Å²) < 4.78 is 0. The molecule has 1 heterocycles. The molecule has 1 fully saturated rings. The Hall–Kier alpha value is -3.11. The summed E-state index contributed by atoms with van der Waals surface area (Å²) in [5, 5.41) is 9.63. The Bertz CT molecular complexity index is 844. The average molecular weight is 371 g/mol. The second-order valence-corrected chi connectivity index (χ2v) is 7.21. The van der Waals surface area contributed by atoms with Crippen molar-refractivity contribution in [3.05, 3.63) is 102 Å². The zero-order chi connectivity index (χ0) is 19.2. The Morgan fingerprint density at radius 3 is 1.93 bits per heavy atom. The molecule has 0 spiro atoms. The zero-order valence-electron chi connectivity index (χ0n) is 15.7. The van der Waals surface area contributed by atoms with E-state index >= 15 is 0 Å². The van der Waals surface area contributed by atoms with Crippen molar-refractivity contribution in [1.82, 2.24) is 10.6 Å². The number of carbonyl (C=O) groups is 1. The zero-order valence-corrected chi connectivity index (χ0v) is 15.7. The fourth-order valence-electron chi connectivity index (χ4n) is 3.98. The third-order valence-electron chi connectivity index (χ3n) is 5.25. The molecule has 3 aromatic carbocycles. The van der Waals surface area contributed by atoms with Crippen LogP contribution in [0.25, 0.3) is 0 Å². The van der Waals surface area contributed by atoms with Crippen LogP contribution in [0.15, 0.2) is 91.0 Å². The summed E-state index contributed by atoms with van der Waals surface area (Å²) in [7, 11) is 0. The first-order chi connectivity index (χ1) is 13.8. The molecule has 0 bridgehead atoms. The van der Waals surface area contributed by atoms with Gasteiger partial charge in [0.05, 0.1) is 0 Å². The van der Waals surface area contributed by atoms with Gasteiger partial charge in [0.15, 0.2) is 0 Å². The van der Waals surface area contributed by atoms with Crippen LogP contribution in [0.2, 0.25) is 0 Å². The van der Waals surface area contributed by atoms with E-state index in [1.807, 2.05) is 42.5 Å². The summed E-state index contributed by atoms with van der Waals surface area (Å²) >= 11 is 0. The maximum Gasteiger partial charge on any atom is 0.319 e. The van der Waals surface area contributed by atoms with Gasteiger partial charge in [-0.3, -0.25) is 0 Å². The smallest absolute Gasteiger partial charge is 0.319 e. The first kappa shape index (κ1) is 18.3. The largest absolute Gasteiger partial charge is 0.334 e. The molecular formula is C24H25N3O. The van der Waals surface area contributed by atoms with Crippen molar-refractivity contribution in [2.45, 2.75) is 24.4 Å². The summed E-state index contributed by atoms with van der Waals surface area (Å²) in [5.41, 5.74) is 3.38. The van der Waals surface area contributed by atoms with E-state index in [1.54, 1.807) is 0 Å². The van der Waals surface area contributed by atoms with E-state index < -0.39 is 0 Å². The lowest BCUT2D eigenvalue weighted by Crippen LogP contribution is -2.39. The van der Waals surface area contributed by atoms with Gasteiger partial charge in [0.1, 0.15) is 0 Å². The van der Waals surface area contributed by atoms with E-state index in [0.29, 0.717) is 0 Å². The SMILES string of the molecule is O=C(Nc1ccccc1)N[C@H]1CN[C@@H](C(c2ccccc2)c2ccccc2)C1. The maximum absolute atomic E-state index is 12.3. The Morgan fingerprint density at radius 1 is 0.821 bits per heavy atom. The predicted molar refractivity (Wildman–Crippen MR) is 114 cm³/mol. The third kappa shape index (κ3) is 4.41. The van der Waals surface area contributed by atoms with Crippen molar-refractivity contribution in [3.63, 3.8) is 0 Å². The number of hydrogen-bond donors (Lipinski definition) is 3. The third-order valence-corrected chi connectivity index (χ3v) is 5.25. The molecular weight excluding hydrogens is 346 g/mol. The Labute approximate surface area is 166 Å². The van der Waals surface area contributed by atoms with Gasteiger partial charge in [0.2, 0.25) is 0 Å². The van der Waals surface area contributed by atoms with Crippen molar-refractivity contribution < 1.29 is 4.79 Å². The lowest BCUT2D eigenvalue weighted by molar-refractivity contribution is 0.249. The van der Waals surface area contributed by atoms with Crippen molar-refractivity contribution in [3.8, 4) is 0 Å². The first-order valence-corrected chi connectivity index (χ1v) is 9.75. The number of anilines is 1. The molecule has 0 unspecified atom stereocenters. The number of amides is 2. The highest BCUT2D eigenvalue weighted by Gasteiger charge is 2.32. The molecule has 4 heteroatoms. The lowest BCUT2D eigenvalue weighted by atomic mass is 9.84. The molecule has 0 aliphatic carbocycles. The fourth-order valence-corrected chi connectivity index (χ4v) is 3.98. The minimum atomic E-state index is -0.158. The van der Waals surface area contributed by atoms with Crippen LogP contribution < -0.4 is 16.0 Å². The highest BCUT2D eigenvalue weighted by molar-refractivity contribution is 5.89. The number of carbonyl (C=O) groups excluding carboxylic acids is 1. The van der Waals surface area contributed by atoms with Crippen molar-refractivity contribution >= 4 is 11.7 Å². The van der Waals surface area contributed by atoms with E-state index in [-0.39, 0.29) is 24.0 Å². The highest BCUT2D eigenvalue weighted by atomic mass is 16.2. The van der Waals surface area contributed by atoms with Crippen LogP contribution in [-0.4, -0.2) is 24.7 Å². The number of benzene rings is 3. The number of urea groups is 1. The van der Waals surface area contributed by atoms with Crippen LogP contribution in [-0.2, 0) is 0 Å². The molecule has 142 valence electrons. The summed E-state index contributed by atoms with van der Waals surface area (Å²) in [6.07, 6.45) is 0.886. The van der Waals surface area contributed by atoms with E-state index in [9.17, 15) is 4.79 Å². The molecule has 28 heavy (non-hydrogen) atoms. The average Bonchev–Trinajstić information content (AvgIpc) is 3.18. The van der Waals surface area contributed by atoms with Gasteiger partial charge in [0, 0.05) is 30.2 Å². The molecule has 1 saturated heterocycles.